The van der Waals surface area contributed by atoms with Crippen LogP contribution in [0.1, 0.15) is 82.2 Å². The van der Waals surface area contributed by atoms with Crippen molar-refractivity contribution < 1.29 is 0 Å². The summed E-state index contributed by atoms with van der Waals surface area (Å²) in [6, 6.07) is 34.4. The Hall–Kier alpha value is -6.84. The first-order valence-electron chi connectivity index (χ1n) is 21.1. The third-order valence-electron chi connectivity index (χ3n) is 10.4. The van der Waals surface area contributed by atoms with Crippen LogP contribution in [0, 0.1) is 13.8 Å². The van der Waals surface area contributed by atoms with Gasteiger partial charge >= 0.3 is 0 Å². The van der Waals surface area contributed by atoms with Crippen LogP contribution in [-0.4, -0.2) is 19.1 Å². The second kappa shape index (κ2) is 18.6. The third-order valence-corrected chi connectivity index (χ3v) is 10.4. The molecule has 0 saturated heterocycles. The molecule has 59 heavy (non-hydrogen) atoms. The van der Waals surface area contributed by atoms with Crippen LogP contribution in [0.2, 0.25) is 0 Å². The van der Waals surface area contributed by atoms with E-state index in [4.69, 9.17) is 9.97 Å². The van der Waals surface area contributed by atoms with E-state index in [0.29, 0.717) is 0 Å². The van der Waals surface area contributed by atoms with Crippen LogP contribution >= 0.6 is 0 Å². The Bertz CT molecular complexity index is 2700. The predicted molar refractivity (Wildman–Crippen MR) is 248 cm³/mol. The lowest BCUT2D eigenvalue weighted by Crippen LogP contribution is -2.39. The Morgan fingerprint density at radius 2 is 1.53 bits per heavy atom. The zero-order valence-electron chi connectivity index (χ0n) is 35.3. The van der Waals surface area contributed by atoms with E-state index in [1.165, 1.54) is 5.56 Å². The monoisotopic (exact) mass is 774 g/mol. The van der Waals surface area contributed by atoms with Gasteiger partial charge in [-0.3, -0.25) is 4.57 Å². The van der Waals surface area contributed by atoms with Gasteiger partial charge in [0.05, 0.1) is 39.9 Å². The summed E-state index contributed by atoms with van der Waals surface area (Å²) >= 11 is 0. The maximum Gasteiger partial charge on any atom is 0.145 e. The minimum absolute atomic E-state index is 0.0599. The molecule has 6 heteroatoms. The first kappa shape index (κ1) is 40.4. The van der Waals surface area contributed by atoms with Gasteiger partial charge in [-0.25, -0.2) is 9.97 Å². The molecular formula is C53H54N6. The van der Waals surface area contributed by atoms with Gasteiger partial charge in [-0.05, 0) is 117 Å². The molecule has 2 unspecified atom stereocenters. The molecule has 2 aliphatic carbocycles. The number of para-hydroxylation sites is 4. The summed E-state index contributed by atoms with van der Waals surface area (Å²) in [5.41, 5.74) is 19.4. The number of hydrogen-bond acceptors (Lipinski definition) is 4. The molecule has 2 aromatic heterocycles. The molecule has 0 saturated carbocycles. The molecule has 6 aromatic rings. The number of rotatable bonds is 8. The van der Waals surface area contributed by atoms with Crippen molar-refractivity contribution in [3.63, 3.8) is 0 Å². The molecule has 0 amide bonds. The predicted octanol–water partition coefficient (Wildman–Crippen LogP) is 13.5. The quantitative estimate of drug-likeness (QED) is 0.157. The fourth-order valence-corrected chi connectivity index (χ4v) is 7.85. The van der Waals surface area contributed by atoms with Crippen LogP contribution in [0.3, 0.4) is 0 Å². The van der Waals surface area contributed by atoms with Gasteiger partial charge in [-0.1, -0.05) is 119 Å². The molecule has 4 aromatic carbocycles. The van der Waals surface area contributed by atoms with Crippen LogP contribution in [0.4, 0.5) is 5.69 Å². The Morgan fingerprint density at radius 1 is 0.797 bits per heavy atom. The molecule has 1 N–H and O–H groups in total. The highest BCUT2D eigenvalue weighted by atomic mass is 15.3. The summed E-state index contributed by atoms with van der Waals surface area (Å²) in [6.07, 6.45) is 22.8. The van der Waals surface area contributed by atoms with E-state index in [-0.39, 0.29) is 12.2 Å². The van der Waals surface area contributed by atoms with E-state index >= 15 is 0 Å². The molecule has 1 aliphatic heterocycles. The van der Waals surface area contributed by atoms with Gasteiger partial charge in [0, 0.05) is 22.5 Å². The number of aromatic nitrogens is 4. The molecule has 0 radical (unpaired) electrons. The van der Waals surface area contributed by atoms with Crippen molar-refractivity contribution in [2.24, 2.45) is 0 Å². The Kier molecular flexibility index (Phi) is 12.7. The summed E-state index contributed by atoms with van der Waals surface area (Å²) in [7, 11) is 0. The highest BCUT2D eigenvalue weighted by molar-refractivity contribution is 5.84. The van der Waals surface area contributed by atoms with Crippen molar-refractivity contribution in [3.05, 3.63) is 197 Å². The van der Waals surface area contributed by atoms with Gasteiger partial charge < -0.3 is 14.8 Å². The second-order valence-corrected chi connectivity index (χ2v) is 14.1. The molecule has 3 heterocycles. The van der Waals surface area contributed by atoms with Gasteiger partial charge in [-0.2, -0.15) is 0 Å². The number of imidazole rings is 2. The lowest BCUT2D eigenvalue weighted by molar-refractivity contribution is 0.588. The normalized spacial score (nSPS) is 16.4. The third kappa shape index (κ3) is 8.15. The Labute approximate surface area is 350 Å². The zero-order valence-corrected chi connectivity index (χ0v) is 35.3. The lowest BCUT2D eigenvalue weighted by Gasteiger charge is -2.38. The van der Waals surface area contributed by atoms with Gasteiger partial charge in [-0.15, -0.1) is 5.73 Å². The van der Waals surface area contributed by atoms with Gasteiger partial charge in [0.1, 0.15) is 17.8 Å². The molecule has 6 nitrogen and oxygen atoms in total. The average molecular weight is 775 g/mol. The summed E-state index contributed by atoms with van der Waals surface area (Å²) in [5, 5.41) is 3.87. The first-order valence-corrected chi connectivity index (χ1v) is 21.1. The van der Waals surface area contributed by atoms with Crippen molar-refractivity contribution in [1.82, 2.24) is 24.4 Å². The molecule has 296 valence electrons. The van der Waals surface area contributed by atoms with Crippen molar-refractivity contribution in [3.8, 4) is 28.5 Å². The summed E-state index contributed by atoms with van der Waals surface area (Å²) < 4.78 is 4.68. The van der Waals surface area contributed by atoms with E-state index in [9.17, 15) is 0 Å². The SMILES string of the molecule is CC.CC.CC/C=C\c1c(C)nc(-c2cc(-c3nc4ccccc4n3-c3ccccc3)cc(C3NC4=C=C(C=CC=C4)N3c3ccccc3C)c2)n1C1C=CC=C=CC1. The Balaban J connectivity index is 0.00000128. The molecule has 3 aliphatic rings. The molecule has 2 atom stereocenters. The van der Waals surface area contributed by atoms with Crippen molar-refractivity contribution >= 4 is 22.8 Å². The maximum absolute atomic E-state index is 5.37. The van der Waals surface area contributed by atoms with Crippen molar-refractivity contribution in [1.29, 1.82) is 0 Å². The highest BCUT2D eigenvalue weighted by Gasteiger charge is 2.31. The number of benzene rings is 4. The Morgan fingerprint density at radius 3 is 2.32 bits per heavy atom. The fraction of sp³-hybridized carbons (Fsp3) is 0.208. The molecule has 9 rings (SSSR count). The average Bonchev–Trinajstić information content (AvgIpc) is 3.60. The van der Waals surface area contributed by atoms with Gasteiger partial charge in [0.25, 0.3) is 0 Å². The van der Waals surface area contributed by atoms with Crippen LogP contribution < -0.4 is 10.2 Å². The topological polar surface area (TPSA) is 50.9 Å². The molecule has 0 spiro atoms. The first-order chi connectivity index (χ1) is 29.1. The molecule has 0 fully saturated rings. The summed E-state index contributed by atoms with van der Waals surface area (Å²) in [4.78, 5) is 13.1. The van der Waals surface area contributed by atoms with Gasteiger partial charge in [0.15, 0.2) is 0 Å². The maximum atomic E-state index is 5.37. The fourth-order valence-electron chi connectivity index (χ4n) is 7.85. The number of aryl methyl sites for hydroxylation is 2. The van der Waals surface area contributed by atoms with Crippen LogP contribution in [0.25, 0.3) is 45.6 Å². The zero-order chi connectivity index (χ0) is 41.3. The second-order valence-electron chi connectivity index (χ2n) is 14.1. The van der Waals surface area contributed by atoms with Crippen molar-refractivity contribution in [2.45, 2.75) is 73.5 Å². The number of nitrogens with one attached hydrogen (secondary N) is 1. The van der Waals surface area contributed by atoms with E-state index in [0.717, 1.165) is 86.4 Å². The highest BCUT2D eigenvalue weighted by Crippen LogP contribution is 2.41. The number of hydrogen-bond donors (Lipinski definition) is 1. The van der Waals surface area contributed by atoms with E-state index < -0.39 is 0 Å². The van der Waals surface area contributed by atoms with E-state index in [1.807, 2.05) is 33.8 Å². The number of allylic oxidation sites excluding steroid dienone is 7. The number of anilines is 1. The summed E-state index contributed by atoms with van der Waals surface area (Å²) in [6.45, 7) is 14.5. The van der Waals surface area contributed by atoms with Crippen LogP contribution in [0.5, 0.6) is 0 Å². The van der Waals surface area contributed by atoms with E-state index in [1.54, 1.807) is 0 Å². The lowest BCUT2D eigenvalue weighted by atomic mass is 9.99. The van der Waals surface area contributed by atoms with E-state index in [2.05, 4.69) is 203 Å². The van der Waals surface area contributed by atoms with Gasteiger partial charge in [0.2, 0.25) is 0 Å². The number of fused-ring (bicyclic) bond motifs is 1. The minimum atomic E-state index is -0.262. The molecular weight excluding hydrogens is 721 g/mol. The number of nitrogens with zero attached hydrogens (tertiary/aromatic N) is 5. The minimum Gasteiger partial charge on any atom is -0.355 e. The molecule has 2 bridgehead atoms. The van der Waals surface area contributed by atoms with Crippen LogP contribution in [0.15, 0.2) is 175 Å². The van der Waals surface area contributed by atoms with Crippen LogP contribution in [-0.2, 0) is 0 Å². The van der Waals surface area contributed by atoms with Crippen molar-refractivity contribution in [2.75, 3.05) is 4.90 Å². The largest absolute Gasteiger partial charge is 0.355 e. The summed E-state index contributed by atoms with van der Waals surface area (Å²) in [5.74, 6) is 1.78. The standard InChI is InChI=1S/C49H42N6.2C2H6/c1-4-5-27-45-35(3)50-47(53(45)40-21-9-6-7-10-22-40)36-30-37(48-51-39-20-14-15-25-42(33-39)55(48)44-28-17-13-19-34(44)2)32-38(31-36)49-52-43-26-16-18-29-46(43)54(49)41-23-11-8-12-24-41;2*1-2/h5-6,8-21,23-32,40,48,51H,4,22H2,1-3H3;2*1-2H3/b27-5-;;. The smallest absolute Gasteiger partial charge is 0.145 e.